The molecule has 2 amide bonds. The molecule has 0 saturated heterocycles. The summed E-state index contributed by atoms with van der Waals surface area (Å²) in [7, 11) is -2.19. The van der Waals surface area contributed by atoms with E-state index in [9.17, 15) is 18.0 Å². The Balaban J connectivity index is 2.38. The van der Waals surface area contributed by atoms with Crippen molar-refractivity contribution < 1.29 is 22.7 Å². The molecule has 8 nitrogen and oxygen atoms in total. The quantitative estimate of drug-likeness (QED) is 0.506. The second-order valence-corrected chi connectivity index (χ2v) is 11.1. The standard InChI is InChI=1S/C26H37N3O5S/c1-18(2)22-10-12-23(13-11-22)29(35(7,32)33)17-25(30)28(20(5)26(31)27-19(3)4)16-21-8-14-24(34-6)15-9-21/h8-15,18-20H,16-17H2,1-7H3,(H,27,31)/t20-/m1/s1. The Morgan fingerprint density at radius 1 is 0.943 bits per heavy atom. The zero-order valence-electron chi connectivity index (χ0n) is 21.6. The van der Waals surface area contributed by atoms with Gasteiger partial charge in [0.25, 0.3) is 0 Å². The molecule has 0 radical (unpaired) electrons. The van der Waals surface area contributed by atoms with Crippen molar-refractivity contribution in [1.82, 2.24) is 10.2 Å². The molecular formula is C26H37N3O5S. The van der Waals surface area contributed by atoms with E-state index in [4.69, 9.17) is 4.74 Å². The van der Waals surface area contributed by atoms with Crippen molar-refractivity contribution >= 4 is 27.5 Å². The van der Waals surface area contributed by atoms with Gasteiger partial charge in [-0.2, -0.15) is 0 Å². The lowest BCUT2D eigenvalue weighted by molar-refractivity contribution is -0.139. The third-order valence-corrected chi connectivity index (χ3v) is 6.78. The number of anilines is 1. The number of amides is 2. The molecule has 2 aromatic carbocycles. The predicted octanol–water partition coefficient (Wildman–Crippen LogP) is 3.53. The first-order chi connectivity index (χ1) is 16.3. The monoisotopic (exact) mass is 503 g/mol. The van der Waals surface area contributed by atoms with Gasteiger partial charge < -0.3 is 15.0 Å². The zero-order valence-corrected chi connectivity index (χ0v) is 22.4. The average Bonchev–Trinajstić information content (AvgIpc) is 2.79. The maximum Gasteiger partial charge on any atom is 0.244 e. The first-order valence-corrected chi connectivity index (χ1v) is 13.5. The predicted molar refractivity (Wildman–Crippen MR) is 139 cm³/mol. The van der Waals surface area contributed by atoms with Crippen LogP contribution in [0.5, 0.6) is 5.75 Å². The highest BCUT2D eigenvalue weighted by Gasteiger charge is 2.30. The molecule has 9 heteroatoms. The van der Waals surface area contributed by atoms with Crippen LogP contribution in [0.3, 0.4) is 0 Å². The molecule has 192 valence electrons. The van der Waals surface area contributed by atoms with Gasteiger partial charge in [0.1, 0.15) is 18.3 Å². The van der Waals surface area contributed by atoms with Crippen LogP contribution in [0.2, 0.25) is 0 Å². The Bertz CT molecular complexity index is 1100. The Labute approximate surface area is 209 Å². The molecule has 35 heavy (non-hydrogen) atoms. The third-order valence-electron chi connectivity index (χ3n) is 5.64. The van der Waals surface area contributed by atoms with Crippen molar-refractivity contribution in [3.8, 4) is 5.75 Å². The first-order valence-electron chi connectivity index (χ1n) is 11.6. The van der Waals surface area contributed by atoms with Crippen LogP contribution in [0.4, 0.5) is 5.69 Å². The minimum absolute atomic E-state index is 0.102. The summed E-state index contributed by atoms with van der Waals surface area (Å²) in [6.45, 7) is 9.13. The summed E-state index contributed by atoms with van der Waals surface area (Å²) in [5.74, 6) is 0.169. The summed E-state index contributed by atoms with van der Waals surface area (Å²) in [6.07, 6.45) is 1.07. The molecule has 0 unspecified atom stereocenters. The first kappa shape index (κ1) is 28.2. The lowest BCUT2D eigenvalue weighted by Gasteiger charge is -2.32. The van der Waals surface area contributed by atoms with E-state index in [0.717, 1.165) is 21.7 Å². The molecule has 2 aromatic rings. The lowest BCUT2D eigenvalue weighted by atomic mass is 10.0. The van der Waals surface area contributed by atoms with Crippen molar-refractivity contribution in [2.24, 2.45) is 0 Å². The maximum atomic E-state index is 13.5. The molecule has 1 atom stereocenters. The zero-order chi connectivity index (χ0) is 26.3. The number of hydrogen-bond acceptors (Lipinski definition) is 5. The van der Waals surface area contributed by atoms with Gasteiger partial charge in [-0.3, -0.25) is 13.9 Å². The fourth-order valence-electron chi connectivity index (χ4n) is 3.55. The Hall–Kier alpha value is -3.07. The van der Waals surface area contributed by atoms with Crippen LogP contribution in [0.15, 0.2) is 48.5 Å². The molecular weight excluding hydrogens is 466 g/mol. The molecule has 0 aliphatic heterocycles. The number of carbonyl (C=O) groups excluding carboxylic acids is 2. The molecule has 0 fully saturated rings. The van der Waals surface area contributed by atoms with Crippen LogP contribution in [-0.2, 0) is 26.2 Å². The number of ether oxygens (including phenoxy) is 1. The molecule has 0 aliphatic carbocycles. The van der Waals surface area contributed by atoms with Gasteiger partial charge in [-0.15, -0.1) is 0 Å². The smallest absolute Gasteiger partial charge is 0.244 e. The van der Waals surface area contributed by atoms with Crippen molar-refractivity contribution in [3.63, 3.8) is 0 Å². The van der Waals surface area contributed by atoms with Crippen LogP contribution < -0.4 is 14.4 Å². The Kier molecular flexibility index (Phi) is 9.71. The summed E-state index contributed by atoms with van der Waals surface area (Å²) in [6, 6.07) is 13.4. The number of methoxy groups -OCH3 is 1. The molecule has 0 bridgehead atoms. The molecule has 0 saturated carbocycles. The summed E-state index contributed by atoms with van der Waals surface area (Å²) >= 11 is 0. The van der Waals surface area contributed by atoms with E-state index in [0.29, 0.717) is 11.4 Å². The van der Waals surface area contributed by atoms with Crippen molar-refractivity contribution in [1.29, 1.82) is 0 Å². The molecule has 1 N–H and O–H groups in total. The van der Waals surface area contributed by atoms with E-state index in [1.165, 1.54) is 4.90 Å². The summed E-state index contributed by atoms with van der Waals surface area (Å²) in [5, 5.41) is 2.83. The van der Waals surface area contributed by atoms with Gasteiger partial charge in [-0.25, -0.2) is 8.42 Å². The molecule has 2 rings (SSSR count). The number of sulfonamides is 1. The molecule has 0 spiro atoms. The minimum atomic E-state index is -3.76. The van der Waals surface area contributed by atoms with Gasteiger partial charge in [-0.1, -0.05) is 38.1 Å². The van der Waals surface area contributed by atoms with Crippen molar-refractivity contribution in [3.05, 3.63) is 59.7 Å². The van der Waals surface area contributed by atoms with Crippen molar-refractivity contribution in [2.45, 2.75) is 59.2 Å². The Morgan fingerprint density at radius 2 is 1.51 bits per heavy atom. The minimum Gasteiger partial charge on any atom is -0.497 e. The summed E-state index contributed by atoms with van der Waals surface area (Å²) in [4.78, 5) is 27.7. The highest BCUT2D eigenvalue weighted by molar-refractivity contribution is 7.92. The second kappa shape index (κ2) is 12.1. The van der Waals surface area contributed by atoms with E-state index < -0.39 is 28.5 Å². The van der Waals surface area contributed by atoms with E-state index in [2.05, 4.69) is 5.32 Å². The summed E-state index contributed by atoms with van der Waals surface area (Å²) < 4.78 is 31.6. The van der Waals surface area contributed by atoms with Crippen LogP contribution >= 0.6 is 0 Å². The number of nitrogens with one attached hydrogen (secondary N) is 1. The van der Waals surface area contributed by atoms with Gasteiger partial charge >= 0.3 is 0 Å². The number of carbonyl (C=O) groups is 2. The van der Waals surface area contributed by atoms with E-state index in [1.807, 2.05) is 52.0 Å². The van der Waals surface area contributed by atoms with E-state index >= 15 is 0 Å². The fraction of sp³-hybridized carbons (Fsp3) is 0.462. The number of rotatable bonds is 11. The van der Waals surface area contributed by atoms with Crippen LogP contribution in [0, 0.1) is 0 Å². The van der Waals surface area contributed by atoms with Crippen LogP contribution in [0.1, 0.15) is 51.7 Å². The maximum absolute atomic E-state index is 13.5. The number of hydrogen-bond donors (Lipinski definition) is 1. The second-order valence-electron chi connectivity index (χ2n) is 9.22. The van der Waals surface area contributed by atoms with Gasteiger partial charge in [0.05, 0.1) is 19.1 Å². The van der Waals surface area contributed by atoms with E-state index in [-0.39, 0.29) is 24.4 Å². The average molecular weight is 504 g/mol. The third kappa shape index (κ3) is 7.99. The molecule has 0 aromatic heterocycles. The topological polar surface area (TPSA) is 96.0 Å². The van der Waals surface area contributed by atoms with Gasteiger partial charge in [0, 0.05) is 12.6 Å². The normalized spacial score (nSPS) is 12.4. The summed E-state index contributed by atoms with van der Waals surface area (Å²) in [5.41, 5.74) is 2.25. The highest BCUT2D eigenvalue weighted by Crippen LogP contribution is 2.23. The molecule has 0 heterocycles. The highest BCUT2D eigenvalue weighted by atomic mass is 32.2. The number of nitrogens with zero attached hydrogens (tertiary/aromatic N) is 2. The fourth-order valence-corrected chi connectivity index (χ4v) is 4.40. The SMILES string of the molecule is COc1ccc(CN(C(=O)CN(c2ccc(C(C)C)cc2)S(C)(=O)=O)[C@H](C)C(=O)NC(C)C)cc1. The number of benzene rings is 2. The Morgan fingerprint density at radius 3 is 1.97 bits per heavy atom. The van der Waals surface area contributed by atoms with Crippen LogP contribution in [-0.4, -0.2) is 57.1 Å². The van der Waals surface area contributed by atoms with Crippen LogP contribution in [0.25, 0.3) is 0 Å². The molecule has 0 aliphatic rings. The van der Waals surface area contributed by atoms with E-state index in [1.54, 1.807) is 38.3 Å². The van der Waals surface area contributed by atoms with Crippen molar-refractivity contribution in [2.75, 3.05) is 24.2 Å². The lowest BCUT2D eigenvalue weighted by Crippen LogP contribution is -2.52. The van der Waals surface area contributed by atoms with Gasteiger partial charge in [0.15, 0.2) is 0 Å². The van der Waals surface area contributed by atoms with Gasteiger partial charge in [0.2, 0.25) is 21.8 Å². The van der Waals surface area contributed by atoms with Gasteiger partial charge in [-0.05, 0) is 62.1 Å². The largest absolute Gasteiger partial charge is 0.497 e.